The standard InChI is InChI=1S/C26H29N3O4S/c1-19(2)33-23-14-12-22(13-15-23)17-27-28-26(30)18-29(25-16-20(3)10-11-21(25)4)34(31,32)24-8-6-5-7-9-24/h5-17,19H,18H2,1-4H3,(H,28,30)/b27-17-. The smallest absolute Gasteiger partial charge is 0.264 e. The first-order valence-electron chi connectivity index (χ1n) is 10.9. The Bertz CT molecular complexity index is 1250. The van der Waals surface area contributed by atoms with Gasteiger partial charge in [-0.3, -0.25) is 9.10 Å². The Morgan fingerprint density at radius 2 is 1.71 bits per heavy atom. The van der Waals surface area contributed by atoms with Crippen molar-refractivity contribution in [1.82, 2.24) is 5.43 Å². The highest BCUT2D eigenvalue weighted by molar-refractivity contribution is 7.92. The largest absolute Gasteiger partial charge is 0.491 e. The fourth-order valence-electron chi connectivity index (χ4n) is 3.26. The van der Waals surface area contributed by atoms with Crippen molar-refractivity contribution in [2.24, 2.45) is 5.10 Å². The highest BCUT2D eigenvalue weighted by atomic mass is 32.2. The molecule has 0 radical (unpaired) electrons. The molecule has 0 fully saturated rings. The number of nitrogens with one attached hydrogen (secondary N) is 1. The number of benzene rings is 3. The summed E-state index contributed by atoms with van der Waals surface area (Å²) in [7, 11) is -3.97. The number of aryl methyl sites for hydroxylation is 2. The Labute approximate surface area is 201 Å². The fraction of sp³-hybridized carbons (Fsp3) is 0.231. The number of anilines is 1. The maximum atomic E-state index is 13.4. The zero-order chi connectivity index (χ0) is 24.7. The van der Waals surface area contributed by atoms with E-state index < -0.39 is 22.5 Å². The summed E-state index contributed by atoms with van der Waals surface area (Å²) >= 11 is 0. The Morgan fingerprint density at radius 1 is 1.03 bits per heavy atom. The number of hydrazone groups is 1. The van der Waals surface area contributed by atoms with Gasteiger partial charge in [-0.05, 0) is 86.8 Å². The summed E-state index contributed by atoms with van der Waals surface area (Å²) in [6.07, 6.45) is 1.57. The van der Waals surface area contributed by atoms with Crippen LogP contribution in [0.1, 0.15) is 30.5 Å². The zero-order valence-electron chi connectivity index (χ0n) is 19.7. The van der Waals surface area contributed by atoms with Crippen molar-refractivity contribution >= 4 is 27.8 Å². The molecule has 3 aromatic rings. The van der Waals surface area contributed by atoms with E-state index in [1.807, 2.05) is 64.1 Å². The lowest BCUT2D eigenvalue weighted by Gasteiger charge is -2.25. The van der Waals surface area contributed by atoms with E-state index in [9.17, 15) is 13.2 Å². The Balaban J connectivity index is 1.79. The molecule has 0 bridgehead atoms. The first-order chi connectivity index (χ1) is 16.2. The number of ether oxygens (including phenoxy) is 1. The number of amides is 1. The normalized spacial score (nSPS) is 11.6. The summed E-state index contributed by atoms with van der Waals surface area (Å²) in [5.41, 5.74) is 5.27. The minimum atomic E-state index is -3.97. The topological polar surface area (TPSA) is 88.1 Å². The molecule has 178 valence electrons. The molecule has 0 saturated heterocycles. The van der Waals surface area contributed by atoms with E-state index in [1.165, 1.54) is 18.3 Å². The van der Waals surface area contributed by atoms with Gasteiger partial charge < -0.3 is 4.74 Å². The number of carbonyl (C=O) groups excluding carboxylic acids is 1. The molecule has 0 heterocycles. The van der Waals surface area contributed by atoms with Crippen molar-refractivity contribution in [2.45, 2.75) is 38.7 Å². The van der Waals surface area contributed by atoms with Crippen molar-refractivity contribution < 1.29 is 17.9 Å². The predicted octanol–water partition coefficient (Wildman–Crippen LogP) is 4.44. The average molecular weight is 480 g/mol. The van der Waals surface area contributed by atoms with E-state index in [4.69, 9.17) is 4.74 Å². The molecule has 0 aliphatic rings. The lowest BCUT2D eigenvalue weighted by Crippen LogP contribution is -2.40. The number of carbonyl (C=O) groups is 1. The maximum Gasteiger partial charge on any atom is 0.264 e. The van der Waals surface area contributed by atoms with Crippen LogP contribution in [0.2, 0.25) is 0 Å². The number of hydrogen-bond donors (Lipinski definition) is 1. The van der Waals surface area contributed by atoms with Crippen LogP contribution in [-0.4, -0.2) is 33.2 Å². The maximum absolute atomic E-state index is 13.4. The molecule has 3 aromatic carbocycles. The molecule has 0 aromatic heterocycles. The monoisotopic (exact) mass is 479 g/mol. The van der Waals surface area contributed by atoms with Crippen LogP contribution in [0.4, 0.5) is 5.69 Å². The molecule has 0 unspecified atom stereocenters. The van der Waals surface area contributed by atoms with Crippen LogP contribution >= 0.6 is 0 Å². The van der Waals surface area contributed by atoms with Crippen molar-refractivity contribution in [3.8, 4) is 5.75 Å². The molecular weight excluding hydrogens is 450 g/mol. The molecule has 0 saturated carbocycles. The van der Waals surface area contributed by atoms with Gasteiger partial charge in [-0.2, -0.15) is 5.10 Å². The third-order valence-corrected chi connectivity index (χ3v) is 6.68. The molecule has 1 amide bonds. The summed E-state index contributed by atoms with van der Waals surface area (Å²) in [6.45, 7) is 7.16. The van der Waals surface area contributed by atoms with Gasteiger partial charge in [-0.1, -0.05) is 30.3 Å². The average Bonchev–Trinajstić information content (AvgIpc) is 2.80. The summed E-state index contributed by atoms with van der Waals surface area (Å²) in [5, 5.41) is 3.99. The van der Waals surface area contributed by atoms with Crippen LogP contribution in [0.25, 0.3) is 0 Å². The van der Waals surface area contributed by atoms with Gasteiger partial charge in [0.25, 0.3) is 15.9 Å². The first-order valence-corrected chi connectivity index (χ1v) is 12.3. The van der Waals surface area contributed by atoms with E-state index in [1.54, 1.807) is 24.3 Å². The second-order valence-electron chi connectivity index (χ2n) is 8.14. The van der Waals surface area contributed by atoms with Crippen molar-refractivity contribution in [1.29, 1.82) is 0 Å². The molecule has 7 nitrogen and oxygen atoms in total. The number of rotatable bonds is 9. The fourth-order valence-corrected chi connectivity index (χ4v) is 4.76. The minimum absolute atomic E-state index is 0.0750. The Morgan fingerprint density at radius 3 is 2.35 bits per heavy atom. The van der Waals surface area contributed by atoms with Crippen LogP contribution < -0.4 is 14.5 Å². The second kappa shape index (κ2) is 11.0. The molecule has 0 spiro atoms. The molecule has 8 heteroatoms. The molecular formula is C26H29N3O4S. The third-order valence-electron chi connectivity index (χ3n) is 4.91. The van der Waals surface area contributed by atoms with Gasteiger partial charge in [0.2, 0.25) is 0 Å². The lowest BCUT2D eigenvalue weighted by atomic mass is 10.1. The van der Waals surface area contributed by atoms with Crippen molar-refractivity contribution in [3.63, 3.8) is 0 Å². The Kier molecular flexibility index (Phi) is 8.07. The molecule has 34 heavy (non-hydrogen) atoms. The first kappa shape index (κ1) is 25.0. The zero-order valence-corrected chi connectivity index (χ0v) is 20.5. The predicted molar refractivity (Wildman–Crippen MR) is 135 cm³/mol. The molecule has 0 aliphatic heterocycles. The third kappa shape index (κ3) is 6.45. The van der Waals surface area contributed by atoms with Gasteiger partial charge in [0.05, 0.1) is 22.9 Å². The molecule has 1 N–H and O–H groups in total. The van der Waals surface area contributed by atoms with Gasteiger partial charge in [-0.15, -0.1) is 0 Å². The summed E-state index contributed by atoms with van der Waals surface area (Å²) in [5.74, 6) is 0.183. The van der Waals surface area contributed by atoms with Crippen molar-refractivity contribution in [2.75, 3.05) is 10.8 Å². The van der Waals surface area contributed by atoms with Crippen molar-refractivity contribution in [3.05, 3.63) is 89.5 Å². The van der Waals surface area contributed by atoms with Gasteiger partial charge >= 0.3 is 0 Å². The van der Waals surface area contributed by atoms with Gasteiger partial charge in [0.15, 0.2) is 0 Å². The second-order valence-corrected chi connectivity index (χ2v) is 10.0. The van der Waals surface area contributed by atoms with Gasteiger partial charge in [-0.25, -0.2) is 13.8 Å². The highest BCUT2D eigenvalue weighted by Gasteiger charge is 2.28. The quantitative estimate of drug-likeness (QED) is 0.363. The van der Waals surface area contributed by atoms with E-state index in [0.717, 1.165) is 26.7 Å². The van der Waals surface area contributed by atoms with Crippen LogP contribution in [0.15, 0.2) is 82.8 Å². The minimum Gasteiger partial charge on any atom is -0.491 e. The summed E-state index contributed by atoms with van der Waals surface area (Å²) in [4.78, 5) is 12.8. The van der Waals surface area contributed by atoms with Gasteiger partial charge in [0.1, 0.15) is 12.3 Å². The Hall–Kier alpha value is -3.65. The van der Waals surface area contributed by atoms with Crippen LogP contribution in [0.3, 0.4) is 0 Å². The number of sulfonamides is 1. The highest BCUT2D eigenvalue weighted by Crippen LogP contribution is 2.27. The summed E-state index contributed by atoms with van der Waals surface area (Å²) in [6, 6.07) is 20.8. The van der Waals surface area contributed by atoms with Crippen LogP contribution in [0.5, 0.6) is 5.75 Å². The number of nitrogens with zero attached hydrogens (tertiary/aromatic N) is 2. The van der Waals surface area contributed by atoms with E-state index in [0.29, 0.717) is 5.69 Å². The van der Waals surface area contributed by atoms with Crippen LogP contribution in [0, 0.1) is 13.8 Å². The van der Waals surface area contributed by atoms with Gasteiger partial charge in [0, 0.05) is 0 Å². The molecule has 0 aliphatic carbocycles. The summed E-state index contributed by atoms with van der Waals surface area (Å²) < 4.78 is 33.6. The van der Waals surface area contributed by atoms with E-state index in [2.05, 4.69) is 10.5 Å². The molecule has 3 rings (SSSR count). The van der Waals surface area contributed by atoms with E-state index >= 15 is 0 Å². The number of hydrogen-bond acceptors (Lipinski definition) is 5. The SMILES string of the molecule is Cc1ccc(C)c(N(CC(=O)N/N=C\c2ccc(OC(C)C)cc2)S(=O)(=O)c2ccccc2)c1. The molecule has 0 atom stereocenters. The van der Waals surface area contributed by atoms with Crippen LogP contribution in [-0.2, 0) is 14.8 Å². The lowest BCUT2D eigenvalue weighted by molar-refractivity contribution is -0.119. The van der Waals surface area contributed by atoms with E-state index in [-0.39, 0.29) is 11.0 Å².